The van der Waals surface area contributed by atoms with Crippen LogP contribution in [0.2, 0.25) is 0 Å². The van der Waals surface area contributed by atoms with Gasteiger partial charge >= 0.3 is 0 Å². The van der Waals surface area contributed by atoms with Gasteiger partial charge in [-0.25, -0.2) is 0 Å². The molecule has 0 spiro atoms. The highest BCUT2D eigenvalue weighted by molar-refractivity contribution is 9.09. The molecule has 0 aliphatic carbocycles. The van der Waals surface area contributed by atoms with Crippen LogP contribution in [0.1, 0.15) is 20.3 Å². The van der Waals surface area contributed by atoms with Gasteiger partial charge in [-0.15, -0.1) is 0 Å². The first-order valence-corrected chi connectivity index (χ1v) is 4.65. The third-order valence-electron chi connectivity index (χ3n) is 1.47. The monoisotopic (exact) mass is 207 g/mol. The summed E-state index contributed by atoms with van der Waals surface area (Å²) >= 11 is 3.07. The summed E-state index contributed by atoms with van der Waals surface area (Å²) in [6, 6.07) is 0. The Bertz CT molecular complexity index is 106. The molecule has 3 heteroatoms. The van der Waals surface area contributed by atoms with Crippen molar-refractivity contribution in [2.75, 3.05) is 11.9 Å². The van der Waals surface area contributed by atoms with Gasteiger partial charge in [0.05, 0.1) is 5.33 Å². The molecule has 0 aromatic rings. The summed E-state index contributed by atoms with van der Waals surface area (Å²) in [6.45, 7) is 5.03. The molecule has 0 heterocycles. The van der Waals surface area contributed by atoms with Gasteiger partial charge < -0.3 is 5.32 Å². The van der Waals surface area contributed by atoms with Gasteiger partial charge in [-0.1, -0.05) is 36.2 Å². The maximum atomic E-state index is 10.7. The van der Waals surface area contributed by atoms with E-state index in [1.165, 1.54) is 0 Å². The number of halogens is 1. The standard InChI is InChI=1S/C7H14BrNO/c1-3-6(2)5-9-7(10)4-8/h6H,3-5H2,1-2H3,(H,9,10)/t6-/m1/s1. The van der Waals surface area contributed by atoms with E-state index in [1.54, 1.807) is 0 Å². The third kappa shape index (κ3) is 4.79. The topological polar surface area (TPSA) is 29.1 Å². The zero-order valence-electron chi connectivity index (χ0n) is 6.48. The quantitative estimate of drug-likeness (QED) is 0.697. The first kappa shape index (κ1) is 9.95. The van der Waals surface area contributed by atoms with Crippen LogP contribution in [0.15, 0.2) is 0 Å². The van der Waals surface area contributed by atoms with Crippen LogP contribution >= 0.6 is 15.9 Å². The average molecular weight is 208 g/mol. The van der Waals surface area contributed by atoms with Crippen molar-refractivity contribution >= 4 is 21.8 Å². The lowest BCUT2D eigenvalue weighted by atomic mass is 10.1. The van der Waals surface area contributed by atoms with E-state index in [-0.39, 0.29) is 5.91 Å². The molecule has 1 N–H and O–H groups in total. The van der Waals surface area contributed by atoms with Crippen molar-refractivity contribution in [3.8, 4) is 0 Å². The molecule has 0 unspecified atom stereocenters. The van der Waals surface area contributed by atoms with Crippen LogP contribution in [0, 0.1) is 5.92 Å². The molecule has 0 aromatic carbocycles. The summed E-state index contributed by atoms with van der Waals surface area (Å²) < 4.78 is 0. The molecule has 0 saturated heterocycles. The second-order valence-electron chi connectivity index (χ2n) is 2.45. The molecule has 0 fully saturated rings. The summed E-state index contributed by atoms with van der Waals surface area (Å²) in [6.07, 6.45) is 1.11. The Balaban J connectivity index is 3.26. The van der Waals surface area contributed by atoms with Gasteiger partial charge in [-0.05, 0) is 5.92 Å². The Morgan fingerprint density at radius 2 is 2.30 bits per heavy atom. The van der Waals surface area contributed by atoms with Crippen LogP contribution in [0.25, 0.3) is 0 Å². The smallest absolute Gasteiger partial charge is 0.230 e. The zero-order valence-corrected chi connectivity index (χ0v) is 8.07. The highest BCUT2D eigenvalue weighted by Crippen LogP contribution is 1.96. The lowest BCUT2D eigenvalue weighted by Crippen LogP contribution is -2.28. The molecule has 0 aliphatic rings. The van der Waals surface area contributed by atoms with Gasteiger partial charge in [0.15, 0.2) is 0 Å². The van der Waals surface area contributed by atoms with Crippen LogP contribution < -0.4 is 5.32 Å². The number of carbonyl (C=O) groups is 1. The summed E-state index contributed by atoms with van der Waals surface area (Å²) in [4.78, 5) is 10.7. The Hall–Kier alpha value is -0.0500. The molecule has 0 saturated carbocycles. The van der Waals surface area contributed by atoms with Crippen LogP contribution in [-0.4, -0.2) is 17.8 Å². The first-order chi connectivity index (χ1) is 4.70. The minimum absolute atomic E-state index is 0.0697. The molecule has 60 valence electrons. The van der Waals surface area contributed by atoms with Crippen molar-refractivity contribution in [1.29, 1.82) is 0 Å². The SMILES string of the molecule is CC[C@@H](C)CNC(=O)CBr. The maximum Gasteiger partial charge on any atom is 0.230 e. The van der Waals surface area contributed by atoms with E-state index in [4.69, 9.17) is 0 Å². The van der Waals surface area contributed by atoms with E-state index in [9.17, 15) is 4.79 Å². The minimum Gasteiger partial charge on any atom is -0.355 e. The van der Waals surface area contributed by atoms with Crippen molar-refractivity contribution in [3.63, 3.8) is 0 Å². The first-order valence-electron chi connectivity index (χ1n) is 3.53. The third-order valence-corrected chi connectivity index (χ3v) is 1.98. The van der Waals surface area contributed by atoms with Gasteiger partial charge in [0.25, 0.3) is 0 Å². The number of hydrogen-bond donors (Lipinski definition) is 1. The minimum atomic E-state index is 0.0697. The Kier molecular flexibility index (Phi) is 5.69. The van der Waals surface area contributed by atoms with Crippen LogP contribution in [0.4, 0.5) is 0 Å². The van der Waals surface area contributed by atoms with Crippen molar-refractivity contribution < 1.29 is 4.79 Å². The molecular formula is C7H14BrNO. The molecule has 0 aromatic heterocycles. The van der Waals surface area contributed by atoms with E-state index in [0.29, 0.717) is 11.2 Å². The Morgan fingerprint density at radius 3 is 2.70 bits per heavy atom. The van der Waals surface area contributed by atoms with E-state index in [2.05, 4.69) is 35.1 Å². The molecule has 1 atom stereocenters. The lowest BCUT2D eigenvalue weighted by molar-refractivity contribution is -0.118. The Labute approximate surface area is 70.5 Å². The predicted octanol–water partition coefficient (Wildman–Crippen LogP) is 1.54. The molecule has 0 rings (SSSR count). The summed E-state index contributed by atoms with van der Waals surface area (Å²) in [5.41, 5.74) is 0. The number of alkyl halides is 1. The number of carbonyl (C=O) groups excluding carboxylic acids is 1. The van der Waals surface area contributed by atoms with Crippen LogP contribution in [0.3, 0.4) is 0 Å². The fourth-order valence-electron chi connectivity index (χ4n) is 0.480. The largest absolute Gasteiger partial charge is 0.355 e. The molecule has 0 aliphatic heterocycles. The van der Waals surface area contributed by atoms with E-state index in [0.717, 1.165) is 13.0 Å². The van der Waals surface area contributed by atoms with Gasteiger partial charge in [0, 0.05) is 6.54 Å². The van der Waals surface area contributed by atoms with Gasteiger partial charge in [0.1, 0.15) is 0 Å². The second-order valence-corrected chi connectivity index (χ2v) is 3.01. The highest BCUT2D eigenvalue weighted by Gasteiger charge is 2.00. The van der Waals surface area contributed by atoms with Gasteiger partial charge in [-0.3, -0.25) is 4.79 Å². The Morgan fingerprint density at radius 1 is 1.70 bits per heavy atom. The van der Waals surface area contributed by atoms with Crippen molar-refractivity contribution in [1.82, 2.24) is 5.32 Å². The molecule has 0 radical (unpaired) electrons. The van der Waals surface area contributed by atoms with E-state index < -0.39 is 0 Å². The molecular weight excluding hydrogens is 194 g/mol. The van der Waals surface area contributed by atoms with Gasteiger partial charge in [0.2, 0.25) is 5.91 Å². The summed E-state index contributed by atoms with van der Waals surface area (Å²) in [7, 11) is 0. The van der Waals surface area contributed by atoms with Crippen LogP contribution in [0.5, 0.6) is 0 Å². The van der Waals surface area contributed by atoms with Crippen molar-refractivity contribution in [3.05, 3.63) is 0 Å². The summed E-state index contributed by atoms with van der Waals surface area (Å²) in [5, 5.41) is 3.20. The normalized spacial score (nSPS) is 12.7. The molecule has 10 heavy (non-hydrogen) atoms. The molecule has 2 nitrogen and oxygen atoms in total. The highest BCUT2D eigenvalue weighted by atomic mass is 79.9. The number of nitrogens with one attached hydrogen (secondary N) is 1. The van der Waals surface area contributed by atoms with Crippen molar-refractivity contribution in [2.45, 2.75) is 20.3 Å². The molecule has 1 amide bonds. The van der Waals surface area contributed by atoms with E-state index in [1.807, 2.05) is 0 Å². The fourth-order valence-corrected chi connectivity index (χ4v) is 0.678. The second kappa shape index (κ2) is 5.71. The number of amides is 1. The zero-order chi connectivity index (χ0) is 7.98. The fraction of sp³-hybridized carbons (Fsp3) is 0.857. The van der Waals surface area contributed by atoms with Crippen molar-refractivity contribution in [2.24, 2.45) is 5.92 Å². The lowest BCUT2D eigenvalue weighted by Gasteiger charge is -2.07. The van der Waals surface area contributed by atoms with Crippen LogP contribution in [-0.2, 0) is 4.79 Å². The predicted molar refractivity (Wildman–Crippen MR) is 46.3 cm³/mol. The van der Waals surface area contributed by atoms with Gasteiger partial charge in [-0.2, -0.15) is 0 Å². The average Bonchev–Trinajstić information content (AvgIpc) is 1.99. The molecule has 0 bridgehead atoms. The summed E-state index contributed by atoms with van der Waals surface area (Å²) in [5.74, 6) is 0.656. The maximum absolute atomic E-state index is 10.7. The number of hydrogen-bond acceptors (Lipinski definition) is 1. The number of rotatable bonds is 4. The van der Waals surface area contributed by atoms with E-state index >= 15 is 0 Å².